The Morgan fingerprint density at radius 3 is 2.33 bits per heavy atom. The molecule has 15 heavy (non-hydrogen) atoms. The quantitative estimate of drug-likeness (QED) is 0.785. The number of amides is 1. The van der Waals surface area contributed by atoms with E-state index in [1.165, 1.54) is 12.1 Å². The van der Waals surface area contributed by atoms with Crippen molar-refractivity contribution in [3.8, 4) is 0 Å². The summed E-state index contributed by atoms with van der Waals surface area (Å²) in [6, 6.07) is 4.25. The molecule has 1 unspecified atom stereocenters. The van der Waals surface area contributed by atoms with Crippen LogP contribution in [0.15, 0.2) is 24.3 Å². The van der Waals surface area contributed by atoms with Gasteiger partial charge in [0.15, 0.2) is 6.10 Å². The van der Waals surface area contributed by atoms with E-state index in [0.29, 0.717) is 0 Å². The molecule has 3 N–H and O–H groups in total. The van der Waals surface area contributed by atoms with Gasteiger partial charge >= 0.3 is 6.18 Å². The van der Waals surface area contributed by atoms with Crippen molar-refractivity contribution >= 4 is 5.91 Å². The minimum absolute atomic E-state index is 0.530. The van der Waals surface area contributed by atoms with Gasteiger partial charge in [-0.25, -0.2) is 0 Å². The van der Waals surface area contributed by atoms with Crippen molar-refractivity contribution in [2.24, 2.45) is 5.73 Å². The predicted octanol–water partition coefficient (Wildman–Crippen LogP) is 1.22. The molecule has 82 valence electrons. The Labute approximate surface area is 83.3 Å². The van der Waals surface area contributed by atoms with E-state index in [1.54, 1.807) is 0 Å². The highest BCUT2D eigenvalue weighted by Gasteiger charge is 2.35. The molecule has 1 aromatic rings. The molecule has 3 nitrogen and oxygen atoms in total. The van der Waals surface area contributed by atoms with Gasteiger partial charge in [0.1, 0.15) is 0 Å². The second-order valence-corrected chi connectivity index (χ2v) is 2.89. The molecule has 0 spiro atoms. The van der Waals surface area contributed by atoms with Crippen LogP contribution in [0.5, 0.6) is 0 Å². The van der Waals surface area contributed by atoms with E-state index in [-0.39, 0.29) is 0 Å². The number of aliphatic hydroxyl groups excluding tert-OH is 1. The maximum atomic E-state index is 12.4. The summed E-state index contributed by atoms with van der Waals surface area (Å²) in [6.45, 7) is 0. The molecule has 0 aliphatic heterocycles. The molecule has 1 aromatic carbocycles. The Balaban J connectivity index is 3.24. The molecule has 0 saturated carbocycles. The number of rotatable bonds is 2. The Bertz CT molecular complexity index is 376. The standard InChI is InChI=1S/C9H8F3NO2/c10-9(11,12)6-4-2-1-3-5(6)7(14)8(13)15/h1-4,7,14H,(H2,13,15). The molecule has 0 heterocycles. The van der Waals surface area contributed by atoms with Crippen molar-refractivity contribution in [1.29, 1.82) is 0 Å². The molecule has 1 atom stereocenters. The third kappa shape index (κ3) is 2.47. The van der Waals surface area contributed by atoms with Crippen LogP contribution in [0.25, 0.3) is 0 Å². The first kappa shape index (κ1) is 11.5. The lowest BCUT2D eigenvalue weighted by Gasteiger charge is -2.14. The number of halogens is 3. The molecule has 0 fully saturated rings. The summed E-state index contributed by atoms with van der Waals surface area (Å²) >= 11 is 0. The van der Waals surface area contributed by atoms with E-state index >= 15 is 0 Å². The van der Waals surface area contributed by atoms with E-state index in [9.17, 15) is 18.0 Å². The molecule has 1 rings (SSSR count). The number of alkyl halides is 3. The molecule has 0 aromatic heterocycles. The lowest BCUT2D eigenvalue weighted by molar-refractivity contribution is -0.140. The van der Waals surface area contributed by atoms with E-state index in [0.717, 1.165) is 12.1 Å². The summed E-state index contributed by atoms with van der Waals surface area (Å²) in [5.74, 6) is -1.22. The van der Waals surface area contributed by atoms with Crippen LogP contribution in [0, 0.1) is 0 Å². The maximum absolute atomic E-state index is 12.4. The van der Waals surface area contributed by atoms with Gasteiger partial charge in [-0.05, 0) is 6.07 Å². The van der Waals surface area contributed by atoms with E-state index in [4.69, 9.17) is 10.8 Å². The second-order valence-electron chi connectivity index (χ2n) is 2.89. The van der Waals surface area contributed by atoms with Crippen LogP contribution in [0.4, 0.5) is 13.2 Å². The first-order valence-electron chi connectivity index (χ1n) is 3.97. The topological polar surface area (TPSA) is 63.3 Å². The van der Waals surface area contributed by atoms with Crippen LogP contribution in [0.1, 0.15) is 17.2 Å². The number of carbonyl (C=O) groups excluding carboxylic acids is 1. The number of aliphatic hydroxyl groups is 1. The molecule has 0 radical (unpaired) electrons. The largest absolute Gasteiger partial charge is 0.416 e. The number of hydrogen-bond donors (Lipinski definition) is 2. The van der Waals surface area contributed by atoms with Gasteiger partial charge in [-0.2, -0.15) is 13.2 Å². The summed E-state index contributed by atoms with van der Waals surface area (Å²) < 4.78 is 37.2. The van der Waals surface area contributed by atoms with E-state index in [1.807, 2.05) is 0 Å². The van der Waals surface area contributed by atoms with Crippen molar-refractivity contribution in [2.45, 2.75) is 12.3 Å². The summed E-state index contributed by atoms with van der Waals surface area (Å²) in [5, 5.41) is 9.17. The fraction of sp³-hybridized carbons (Fsp3) is 0.222. The van der Waals surface area contributed by atoms with Crippen LogP contribution in [-0.2, 0) is 11.0 Å². The van der Waals surface area contributed by atoms with Gasteiger partial charge in [-0.1, -0.05) is 18.2 Å². The molecule has 0 aliphatic carbocycles. The zero-order valence-electron chi connectivity index (χ0n) is 7.45. The molecule has 6 heteroatoms. The lowest BCUT2D eigenvalue weighted by Crippen LogP contribution is -2.23. The zero-order chi connectivity index (χ0) is 11.6. The van der Waals surface area contributed by atoms with Crippen molar-refractivity contribution in [3.63, 3.8) is 0 Å². The SMILES string of the molecule is NC(=O)C(O)c1ccccc1C(F)(F)F. The maximum Gasteiger partial charge on any atom is 0.416 e. The normalized spacial score (nSPS) is 13.6. The van der Waals surface area contributed by atoms with Crippen molar-refractivity contribution < 1.29 is 23.1 Å². The third-order valence-electron chi connectivity index (χ3n) is 1.83. The Morgan fingerprint density at radius 1 is 1.33 bits per heavy atom. The average Bonchev–Trinajstić information content (AvgIpc) is 2.15. The minimum atomic E-state index is -4.62. The Hall–Kier alpha value is -1.56. The van der Waals surface area contributed by atoms with Crippen LogP contribution < -0.4 is 5.73 Å². The monoisotopic (exact) mass is 219 g/mol. The van der Waals surface area contributed by atoms with Crippen LogP contribution in [0.2, 0.25) is 0 Å². The van der Waals surface area contributed by atoms with E-state index < -0.39 is 29.3 Å². The Kier molecular flexibility index (Phi) is 2.99. The van der Waals surface area contributed by atoms with Crippen LogP contribution >= 0.6 is 0 Å². The molecule has 0 aliphatic rings. The molecule has 0 bridgehead atoms. The molecular weight excluding hydrogens is 211 g/mol. The van der Waals surface area contributed by atoms with Gasteiger partial charge in [-0.3, -0.25) is 4.79 Å². The molecule has 1 amide bonds. The summed E-state index contributed by atoms with van der Waals surface area (Å²) in [6.07, 6.45) is -6.56. The smallest absolute Gasteiger partial charge is 0.378 e. The van der Waals surface area contributed by atoms with Gasteiger partial charge in [0.05, 0.1) is 5.56 Å². The van der Waals surface area contributed by atoms with Gasteiger partial charge in [0.25, 0.3) is 5.91 Å². The van der Waals surface area contributed by atoms with Gasteiger partial charge in [0.2, 0.25) is 0 Å². The summed E-state index contributed by atoms with van der Waals surface area (Å²) in [7, 11) is 0. The highest BCUT2D eigenvalue weighted by atomic mass is 19.4. The number of carbonyl (C=O) groups is 1. The first-order valence-corrected chi connectivity index (χ1v) is 3.97. The lowest BCUT2D eigenvalue weighted by atomic mass is 10.0. The number of hydrogen-bond acceptors (Lipinski definition) is 2. The van der Waals surface area contributed by atoms with Crippen molar-refractivity contribution in [3.05, 3.63) is 35.4 Å². The fourth-order valence-electron chi connectivity index (χ4n) is 1.15. The molecule has 0 saturated heterocycles. The second kappa shape index (κ2) is 3.90. The first-order chi connectivity index (χ1) is 6.84. The highest BCUT2D eigenvalue weighted by molar-refractivity contribution is 5.80. The van der Waals surface area contributed by atoms with E-state index in [2.05, 4.69) is 0 Å². The summed E-state index contributed by atoms with van der Waals surface area (Å²) in [4.78, 5) is 10.6. The predicted molar refractivity (Wildman–Crippen MR) is 45.6 cm³/mol. The Morgan fingerprint density at radius 2 is 1.87 bits per heavy atom. The van der Waals surface area contributed by atoms with Crippen molar-refractivity contribution in [2.75, 3.05) is 0 Å². The number of primary amides is 1. The number of nitrogens with two attached hydrogens (primary N) is 1. The fourth-order valence-corrected chi connectivity index (χ4v) is 1.15. The third-order valence-corrected chi connectivity index (χ3v) is 1.83. The number of benzene rings is 1. The zero-order valence-corrected chi connectivity index (χ0v) is 7.45. The van der Waals surface area contributed by atoms with Crippen LogP contribution in [0.3, 0.4) is 0 Å². The van der Waals surface area contributed by atoms with Crippen molar-refractivity contribution in [1.82, 2.24) is 0 Å². The summed E-state index contributed by atoms with van der Waals surface area (Å²) in [5.41, 5.74) is 3.13. The average molecular weight is 219 g/mol. The minimum Gasteiger partial charge on any atom is -0.378 e. The highest BCUT2D eigenvalue weighted by Crippen LogP contribution is 2.34. The van der Waals surface area contributed by atoms with Gasteiger partial charge in [-0.15, -0.1) is 0 Å². The molecular formula is C9H8F3NO2. The van der Waals surface area contributed by atoms with Gasteiger partial charge in [0, 0.05) is 5.56 Å². The van der Waals surface area contributed by atoms with Gasteiger partial charge < -0.3 is 10.8 Å². The van der Waals surface area contributed by atoms with Crippen LogP contribution in [-0.4, -0.2) is 11.0 Å².